The number of hydrogen-bond donors (Lipinski definition) is 1. The van der Waals surface area contributed by atoms with Gasteiger partial charge in [0.2, 0.25) is 0 Å². The number of carbonyl (C=O) groups is 2. The molecule has 2 aromatic heterocycles. The van der Waals surface area contributed by atoms with E-state index in [9.17, 15) is 27.2 Å². The lowest BCUT2D eigenvalue weighted by Gasteiger charge is -2.13. The fraction of sp³-hybridized carbons (Fsp3) is 0.167. The molecule has 0 saturated carbocycles. The molecular formula is C24H18BrF4N5O2. The molecule has 0 fully saturated rings. The molecule has 0 radical (unpaired) electrons. The zero-order chi connectivity index (χ0) is 26.2. The summed E-state index contributed by atoms with van der Waals surface area (Å²) in [6.45, 7) is 0.160. The Morgan fingerprint density at radius 2 is 1.78 bits per heavy atom. The molecule has 2 amide bonds. The van der Waals surface area contributed by atoms with Crippen LogP contribution in [0.1, 0.15) is 32.1 Å². The van der Waals surface area contributed by atoms with Crippen molar-refractivity contribution in [1.29, 1.82) is 0 Å². The highest BCUT2D eigenvalue weighted by atomic mass is 79.9. The lowest BCUT2D eigenvalue weighted by Crippen LogP contribution is -2.24. The summed E-state index contributed by atoms with van der Waals surface area (Å²) in [5.41, 5.74) is -0.933. The third-order valence-corrected chi connectivity index (χ3v) is 5.68. The first-order valence-corrected chi connectivity index (χ1v) is 11.2. The summed E-state index contributed by atoms with van der Waals surface area (Å²) in [6.07, 6.45) is -3.38. The van der Waals surface area contributed by atoms with Gasteiger partial charge in [-0.2, -0.15) is 18.3 Å². The maximum absolute atomic E-state index is 13.5. The van der Waals surface area contributed by atoms with Crippen molar-refractivity contribution in [3.8, 4) is 0 Å². The summed E-state index contributed by atoms with van der Waals surface area (Å²) in [6, 6.07) is 10.7. The van der Waals surface area contributed by atoms with E-state index in [1.807, 2.05) is 0 Å². The maximum atomic E-state index is 13.5. The van der Waals surface area contributed by atoms with E-state index in [1.54, 1.807) is 12.1 Å². The number of anilines is 1. The van der Waals surface area contributed by atoms with Crippen LogP contribution in [-0.2, 0) is 12.7 Å². The van der Waals surface area contributed by atoms with Crippen molar-refractivity contribution in [3.63, 3.8) is 0 Å². The fourth-order valence-corrected chi connectivity index (χ4v) is 3.82. The molecule has 4 rings (SSSR count). The number of benzene rings is 2. The largest absolute Gasteiger partial charge is 0.433 e. The summed E-state index contributed by atoms with van der Waals surface area (Å²) in [4.78, 5) is 30.8. The standard InChI is InChI=1S/C24H18BrF4N5O2/c1-33(2)23(36)21-19(12-34(32-21)11-13-3-6-15(26)7-4-13)31-22(35)17-10-20(24(27,28)29)30-18-8-5-14(25)9-16(17)18/h3-10,12H,11H2,1-2H3,(H,31,35). The molecule has 0 aliphatic heterocycles. The number of amides is 2. The van der Waals surface area contributed by atoms with Crippen LogP contribution >= 0.6 is 15.9 Å². The minimum absolute atomic E-state index is 0.00864. The number of hydrogen-bond acceptors (Lipinski definition) is 4. The zero-order valence-electron chi connectivity index (χ0n) is 18.9. The van der Waals surface area contributed by atoms with Crippen LogP contribution in [0, 0.1) is 5.82 Å². The molecule has 12 heteroatoms. The highest BCUT2D eigenvalue weighted by Crippen LogP contribution is 2.32. The van der Waals surface area contributed by atoms with Gasteiger partial charge in [-0.1, -0.05) is 28.1 Å². The van der Waals surface area contributed by atoms with Crippen LogP contribution in [0.3, 0.4) is 0 Å². The normalized spacial score (nSPS) is 11.5. The Kier molecular flexibility index (Phi) is 6.81. The van der Waals surface area contributed by atoms with Gasteiger partial charge >= 0.3 is 6.18 Å². The zero-order valence-corrected chi connectivity index (χ0v) is 20.5. The third-order valence-electron chi connectivity index (χ3n) is 5.18. The van der Waals surface area contributed by atoms with E-state index in [-0.39, 0.29) is 34.4 Å². The van der Waals surface area contributed by atoms with E-state index >= 15 is 0 Å². The molecular weight excluding hydrogens is 546 g/mol. The molecule has 0 unspecified atom stereocenters. The van der Waals surface area contributed by atoms with Crippen molar-refractivity contribution in [2.45, 2.75) is 12.7 Å². The number of nitrogens with zero attached hydrogens (tertiary/aromatic N) is 4. The van der Waals surface area contributed by atoms with Crippen molar-refractivity contribution >= 4 is 44.3 Å². The van der Waals surface area contributed by atoms with E-state index in [0.29, 0.717) is 16.1 Å². The smallest absolute Gasteiger partial charge is 0.343 e. The van der Waals surface area contributed by atoms with Gasteiger partial charge in [0.1, 0.15) is 11.5 Å². The third kappa shape index (κ3) is 5.38. The number of alkyl halides is 3. The molecule has 0 saturated heterocycles. The van der Waals surface area contributed by atoms with Crippen molar-refractivity contribution in [2.75, 3.05) is 19.4 Å². The highest BCUT2D eigenvalue weighted by Gasteiger charge is 2.34. The Balaban J connectivity index is 1.75. The lowest BCUT2D eigenvalue weighted by atomic mass is 10.1. The average Bonchev–Trinajstić information content (AvgIpc) is 3.20. The topological polar surface area (TPSA) is 80.1 Å². The Labute approximate surface area is 210 Å². The lowest BCUT2D eigenvalue weighted by molar-refractivity contribution is -0.140. The summed E-state index contributed by atoms with van der Waals surface area (Å²) in [5.74, 6) is -1.81. The number of nitrogens with one attached hydrogen (secondary N) is 1. The first kappa shape index (κ1) is 25.3. The summed E-state index contributed by atoms with van der Waals surface area (Å²) < 4.78 is 55.6. The summed E-state index contributed by atoms with van der Waals surface area (Å²) >= 11 is 3.26. The first-order chi connectivity index (χ1) is 16.9. The number of fused-ring (bicyclic) bond motifs is 1. The van der Waals surface area contributed by atoms with Gasteiger partial charge in [-0.25, -0.2) is 9.37 Å². The number of carbonyl (C=O) groups excluding carboxylic acids is 2. The van der Waals surface area contributed by atoms with Crippen LogP contribution in [0.4, 0.5) is 23.2 Å². The van der Waals surface area contributed by atoms with Crippen molar-refractivity contribution < 1.29 is 27.2 Å². The van der Waals surface area contributed by atoms with Crippen LogP contribution in [0.2, 0.25) is 0 Å². The van der Waals surface area contributed by atoms with Gasteiger partial charge in [-0.3, -0.25) is 14.3 Å². The average molecular weight is 564 g/mol. The Morgan fingerprint density at radius 3 is 2.42 bits per heavy atom. The predicted molar refractivity (Wildman–Crippen MR) is 128 cm³/mol. The van der Waals surface area contributed by atoms with Crippen LogP contribution in [0.15, 0.2) is 59.2 Å². The summed E-state index contributed by atoms with van der Waals surface area (Å²) in [7, 11) is 2.99. The van der Waals surface area contributed by atoms with Gasteiger partial charge in [0.05, 0.1) is 23.3 Å². The second-order valence-electron chi connectivity index (χ2n) is 8.08. The van der Waals surface area contributed by atoms with Gasteiger partial charge in [-0.05, 0) is 42.0 Å². The molecule has 0 atom stereocenters. The van der Waals surface area contributed by atoms with Crippen molar-refractivity contribution in [2.24, 2.45) is 0 Å². The molecule has 2 heterocycles. The Hall–Kier alpha value is -3.80. The molecule has 36 heavy (non-hydrogen) atoms. The molecule has 4 aromatic rings. The first-order valence-electron chi connectivity index (χ1n) is 10.4. The van der Waals surface area contributed by atoms with Crippen LogP contribution in [0.25, 0.3) is 10.9 Å². The molecule has 2 aromatic carbocycles. The van der Waals surface area contributed by atoms with Crippen molar-refractivity contribution in [3.05, 3.63) is 87.5 Å². The second-order valence-corrected chi connectivity index (χ2v) is 9.00. The van der Waals surface area contributed by atoms with Crippen molar-refractivity contribution in [1.82, 2.24) is 19.7 Å². The number of aromatic nitrogens is 3. The highest BCUT2D eigenvalue weighted by molar-refractivity contribution is 9.10. The molecule has 0 aliphatic carbocycles. The molecule has 0 bridgehead atoms. The van der Waals surface area contributed by atoms with Gasteiger partial charge < -0.3 is 10.2 Å². The minimum Gasteiger partial charge on any atom is -0.343 e. The Bertz CT molecular complexity index is 1470. The van der Waals surface area contributed by atoms with E-state index in [2.05, 4.69) is 31.3 Å². The molecule has 186 valence electrons. The second kappa shape index (κ2) is 9.69. The number of rotatable bonds is 5. The minimum atomic E-state index is -4.78. The van der Waals surface area contributed by atoms with E-state index < -0.39 is 29.5 Å². The van der Waals surface area contributed by atoms with E-state index in [4.69, 9.17) is 0 Å². The predicted octanol–water partition coefficient (Wildman–Crippen LogP) is 5.35. The van der Waals surface area contributed by atoms with Crippen LogP contribution in [0.5, 0.6) is 0 Å². The van der Waals surface area contributed by atoms with Gasteiger partial charge in [0.15, 0.2) is 5.69 Å². The maximum Gasteiger partial charge on any atom is 0.433 e. The van der Waals surface area contributed by atoms with E-state index in [1.165, 1.54) is 60.2 Å². The van der Waals surface area contributed by atoms with Gasteiger partial charge in [-0.15, -0.1) is 0 Å². The van der Waals surface area contributed by atoms with Crippen LogP contribution < -0.4 is 5.32 Å². The van der Waals surface area contributed by atoms with Crippen LogP contribution in [-0.4, -0.2) is 45.6 Å². The molecule has 1 N–H and O–H groups in total. The Morgan fingerprint density at radius 1 is 1.08 bits per heavy atom. The van der Waals surface area contributed by atoms with Gasteiger partial charge in [0.25, 0.3) is 11.8 Å². The molecule has 0 aliphatic rings. The van der Waals surface area contributed by atoms with Gasteiger partial charge in [0, 0.05) is 30.2 Å². The molecule has 7 nitrogen and oxygen atoms in total. The number of pyridine rings is 1. The monoisotopic (exact) mass is 563 g/mol. The SMILES string of the molecule is CN(C)C(=O)c1nn(Cc2ccc(F)cc2)cc1NC(=O)c1cc(C(F)(F)F)nc2ccc(Br)cc12. The number of halogens is 5. The summed E-state index contributed by atoms with van der Waals surface area (Å²) in [5, 5.41) is 6.96. The fourth-order valence-electron chi connectivity index (χ4n) is 3.46. The quantitative estimate of drug-likeness (QED) is 0.332. The molecule has 0 spiro atoms. The van der Waals surface area contributed by atoms with E-state index in [0.717, 1.165) is 0 Å².